The zero-order chi connectivity index (χ0) is 39.2. The lowest BCUT2D eigenvalue weighted by atomic mass is 10.2. The Morgan fingerprint density at radius 2 is 1.25 bits per heavy atom. The van der Waals surface area contributed by atoms with E-state index in [1.54, 1.807) is 0 Å². The van der Waals surface area contributed by atoms with Crippen molar-refractivity contribution in [3.8, 4) is 0 Å². The van der Waals surface area contributed by atoms with Crippen molar-refractivity contribution in [2.75, 3.05) is 31.9 Å². The molecule has 284 valence electrons. The third-order valence-corrected chi connectivity index (χ3v) is 5.29. The van der Waals surface area contributed by atoms with Gasteiger partial charge in [-0.3, -0.25) is 38.3 Å². The van der Waals surface area contributed by atoms with Crippen LogP contribution in [0.4, 0.5) is 0 Å². The minimum absolute atomic E-state index is 0.0129. The van der Waals surface area contributed by atoms with Crippen molar-refractivity contribution in [1.29, 1.82) is 0 Å². The van der Waals surface area contributed by atoms with Gasteiger partial charge < -0.3 is 81.2 Å². The maximum absolute atomic E-state index is 10.2. The molecule has 0 bridgehead atoms. The van der Waals surface area contributed by atoms with Gasteiger partial charge in [0.2, 0.25) is 0 Å². The molecule has 25 nitrogen and oxygen atoms in total. The van der Waals surface area contributed by atoms with E-state index in [1.807, 2.05) is 0 Å². The standard InChI is InChI=1S/C6H14N4O2.C5H9NO2.C4H9NO3.C3H7NO5S.2C2H5NO2/c7-4(5(11)12)2-1-3-10-6(8)9;7-5(8)4-2-1-3-6-4;1-2(6)3(5)4(7)8;4-2(3(5)6)1-10(7,8)9;2*3-1-2(4)5/h4H,1-3,7H2,(H,11,12)(H4,8,9,10);4,6H,1-3H2,(H,7,8);2-3,6H,5H2,1H3,(H,7,8);2H,1,4H2,(H,5,6)(H,7,8,9);2*1,3H2,(H,4,5)/t2*4-;2-,3+;2-;;/m0010../s1. The highest BCUT2D eigenvalue weighted by atomic mass is 32.2. The van der Waals surface area contributed by atoms with E-state index in [4.69, 9.17) is 69.0 Å². The van der Waals surface area contributed by atoms with Crippen molar-refractivity contribution in [2.24, 2.45) is 45.1 Å². The van der Waals surface area contributed by atoms with Crippen molar-refractivity contribution < 1.29 is 77.5 Å². The van der Waals surface area contributed by atoms with E-state index in [0.717, 1.165) is 19.4 Å². The van der Waals surface area contributed by atoms with Gasteiger partial charge >= 0.3 is 35.8 Å². The van der Waals surface area contributed by atoms with Crippen LogP contribution in [0.25, 0.3) is 0 Å². The summed E-state index contributed by atoms with van der Waals surface area (Å²) < 4.78 is 28.0. The van der Waals surface area contributed by atoms with E-state index in [-0.39, 0.29) is 25.1 Å². The molecule has 26 heteroatoms. The van der Waals surface area contributed by atoms with Crippen molar-refractivity contribution >= 4 is 51.9 Å². The molecule has 0 aromatic rings. The van der Waals surface area contributed by atoms with Crippen LogP contribution in [0.15, 0.2) is 4.99 Å². The molecule has 1 heterocycles. The molecule has 5 atom stereocenters. The number of carboxylic acid groups (broad SMARTS) is 6. The lowest BCUT2D eigenvalue weighted by Crippen LogP contribution is -2.39. The zero-order valence-corrected chi connectivity index (χ0v) is 26.8. The molecule has 0 aliphatic carbocycles. The first-order valence-corrected chi connectivity index (χ1v) is 14.8. The number of rotatable bonds is 13. The Labute approximate surface area is 274 Å². The van der Waals surface area contributed by atoms with Crippen LogP contribution in [0.2, 0.25) is 0 Å². The number of aliphatic imine (C=N–C) groups is 1. The van der Waals surface area contributed by atoms with Crippen molar-refractivity contribution in [2.45, 2.75) is 62.9 Å². The minimum atomic E-state index is -4.27. The molecule has 1 aliphatic heterocycles. The Morgan fingerprint density at radius 1 is 0.833 bits per heavy atom. The van der Waals surface area contributed by atoms with Gasteiger partial charge in [-0.1, -0.05) is 0 Å². The SMILES string of the molecule is C[C@@H](O)[C@H](N)C(=O)O.NC(N)=NCCC[C@H](N)C(=O)O.NCC(=O)O.NCC(=O)O.N[C@@H](CS(=O)(=O)O)C(=O)O.O=C(O)[C@@H]1CCCN1. The average molecular weight is 728 g/mol. The van der Waals surface area contributed by atoms with Gasteiger partial charge in [0, 0.05) is 6.54 Å². The van der Waals surface area contributed by atoms with E-state index in [9.17, 15) is 37.2 Å². The number of guanidine groups is 1. The van der Waals surface area contributed by atoms with E-state index < -0.39 is 75.9 Å². The molecule has 1 rings (SSSR count). The van der Waals surface area contributed by atoms with Crippen molar-refractivity contribution in [1.82, 2.24) is 5.32 Å². The maximum atomic E-state index is 10.2. The Balaban J connectivity index is -0.000000158. The summed E-state index contributed by atoms with van der Waals surface area (Å²) in [4.78, 5) is 62.3. The average Bonchev–Trinajstić information content (AvgIpc) is 3.51. The molecule has 0 amide bonds. The maximum Gasteiger partial charge on any atom is 0.323 e. The van der Waals surface area contributed by atoms with Crippen LogP contribution in [-0.4, -0.2) is 153 Å². The van der Waals surface area contributed by atoms with Crippen LogP contribution >= 0.6 is 0 Å². The molecule has 0 aromatic carbocycles. The molecule has 0 aromatic heterocycles. The van der Waals surface area contributed by atoms with E-state index >= 15 is 0 Å². The predicted molar refractivity (Wildman–Crippen MR) is 167 cm³/mol. The highest BCUT2D eigenvalue weighted by molar-refractivity contribution is 7.85. The first-order chi connectivity index (χ1) is 21.8. The molecule has 1 aliphatic rings. The van der Waals surface area contributed by atoms with Gasteiger partial charge in [-0.05, 0) is 39.2 Å². The van der Waals surface area contributed by atoms with Gasteiger partial charge in [0.05, 0.1) is 19.2 Å². The summed E-state index contributed by atoms with van der Waals surface area (Å²) in [6.07, 6.45) is 1.76. The first kappa shape index (κ1) is 53.2. The summed E-state index contributed by atoms with van der Waals surface area (Å²) in [5.41, 5.74) is 34.1. The number of aliphatic carboxylic acids is 6. The third kappa shape index (κ3) is 46.1. The Morgan fingerprint density at radius 3 is 1.42 bits per heavy atom. The Kier molecular flexibility index (Phi) is 34.7. The number of hydrogen-bond donors (Lipinski definition) is 16. The fourth-order valence-corrected chi connectivity index (χ4v) is 2.64. The fourth-order valence-electron chi connectivity index (χ4n) is 2.04. The monoisotopic (exact) mass is 727 g/mol. The van der Waals surface area contributed by atoms with Gasteiger partial charge in [-0.25, -0.2) is 0 Å². The number of nitrogens with two attached hydrogens (primary N) is 7. The molecule has 0 unspecified atom stereocenters. The second-order valence-electron chi connectivity index (χ2n) is 8.87. The highest BCUT2D eigenvalue weighted by Crippen LogP contribution is 2.03. The first-order valence-electron chi connectivity index (χ1n) is 13.2. The summed E-state index contributed by atoms with van der Waals surface area (Å²) in [6, 6.07) is -3.81. The Bertz CT molecular complexity index is 1060. The largest absolute Gasteiger partial charge is 0.480 e. The summed E-state index contributed by atoms with van der Waals surface area (Å²) in [7, 11) is -4.27. The highest BCUT2D eigenvalue weighted by Gasteiger charge is 2.20. The van der Waals surface area contributed by atoms with Crippen LogP contribution in [0.3, 0.4) is 0 Å². The molecule has 0 radical (unpaired) electrons. The number of hydrogen-bond acceptors (Lipinski definition) is 16. The number of carboxylic acids is 6. The number of nitrogens with one attached hydrogen (secondary N) is 1. The number of carbonyl (C=O) groups is 6. The second kappa shape index (κ2) is 31.3. The molecular formula is C22H49N9O16S. The van der Waals surface area contributed by atoms with E-state index in [0.29, 0.717) is 19.4 Å². The van der Waals surface area contributed by atoms with Crippen LogP contribution in [0.5, 0.6) is 0 Å². The number of aliphatic hydroxyl groups excluding tert-OH is 1. The van der Waals surface area contributed by atoms with Gasteiger partial charge in [0.1, 0.15) is 29.9 Å². The second-order valence-corrected chi connectivity index (χ2v) is 10.4. The lowest BCUT2D eigenvalue weighted by Gasteiger charge is -2.06. The van der Waals surface area contributed by atoms with Crippen LogP contribution in [-0.2, 0) is 38.9 Å². The lowest BCUT2D eigenvalue weighted by molar-refractivity contribution is -0.141. The van der Waals surface area contributed by atoms with E-state index in [1.165, 1.54) is 6.92 Å². The van der Waals surface area contributed by atoms with Gasteiger partial charge in [-0.2, -0.15) is 8.42 Å². The van der Waals surface area contributed by atoms with Crippen LogP contribution < -0.4 is 45.5 Å². The minimum Gasteiger partial charge on any atom is -0.480 e. The summed E-state index contributed by atoms with van der Waals surface area (Å²) >= 11 is 0. The summed E-state index contributed by atoms with van der Waals surface area (Å²) in [5, 5.41) is 59.4. The summed E-state index contributed by atoms with van der Waals surface area (Å²) in [5.74, 6) is -7.24. The Hall–Kier alpha value is -4.28. The molecule has 0 spiro atoms. The summed E-state index contributed by atoms with van der Waals surface area (Å²) in [6.45, 7) is 2.05. The van der Waals surface area contributed by atoms with Gasteiger partial charge in [0.15, 0.2) is 5.96 Å². The van der Waals surface area contributed by atoms with Crippen molar-refractivity contribution in [3.05, 3.63) is 0 Å². The van der Waals surface area contributed by atoms with Gasteiger partial charge in [0.25, 0.3) is 10.1 Å². The smallest absolute Gasteiger partial charge is 0.323 e. The van der Waals surface area contributed by atoms with Crippen molar-refractivity contribution in [3.63, 3.8) is 0 Å². The molecular weight excluding hydrogens is 678 g/mol. The molecule has 0 saturated carbocycles. The topological polar surface area (TPSA) is 505 Å². The van der Waals surface area contributed by atoms with E-state index in [2.05, 4.69) is 21.8 Å². The normalized spacial score (nSPS) is 15.2. The predicted octanol–water partition coefficient (Wildman–Crippen LogP) is -6.60. The quantitative estimate of drug-likeness (QED) is 0.0363. The van der Waals surface area contributed by atoms with Crippen LogP contribution in [0.1, 0.15) is 32.6 Å². The molecule has 23 N–H and O–H groups in total. The molecule has 1 saturated heterocycles. The fraction of sp³-hybridized carbons (Fsp3) is 0.682. The zero-order valence-electron chi connectivity index (χ0n) is 26.0. The molecule has 1 fully saturated rings. The third-order valence-electron chi connectivity index (χ3n) is 4.50. The molecule has 48 heavy (non-hydrogen) atoms. The number of nitrogens with zero attached hydrogens (tertiary/aromatic N) is 1. The van der Waals surface area contributed by atoms with Gasteiger partial charge in [-0.15, -0.1) is 0 Å². The number of aliphatic hydroxyl groups is 1. The van der Waals surface area contributed by atoms with Crippen LogP contribution in [0, 0.1) is 0 Å².